The lowest BCUT2D eigenvalue weighted by molar-refractivity contribution is -0.697. The molecule has 34 heavy (non-hydrogen) atoms. The molecule has 2 aromatic rings. The first kappa shape index (κ1) is 29.0. The third-order valence-corrected chi connectivity index (χ3v) is 7.43. The quantitative estimate of drug-likeness (QED) is 0.0842. The molecule has 0 atom stereocenters. The summed E-state index contributed by atoms with van der Waals surface area (Å²) < 4.78 is 2.42. The second kappa shape index (κ2) is 21.1. The number of aromatic nitrogens is 2. The topological polar surface area (TPSA) is 16.8 Å². The Balaban J connectivity index is 1.38. The first-order valence-electron chi connectivity index (χ1n) is 14.3. The maximum Gasteiger partial charge on any atom is 0.171 e. The Hall–Kier alpha value is -1.22. The molecule has 0 aliphatic heterocycles. The molecular weight excluding hydrogens is 480 g/mol. The van der Waals surface area contributed by atoms with Crippen molar-refractivity contribution in [3.63, 3.8) is 0 Å². The molecule has 3 heteroatoms. The van der Waals surface area contributed by atoms with Gasteiger partial charge in [-0.1, -0.05) is 99.0 Å². The zero-order valence-corrected chi connectivity index (χ0v) is 23.3. The van der Waals surface area contributed by atoms with Crippen LogP contribution in [0.1, 0.15) is 120 Å². The van der Waals surface area contributed by atoms with Crippen LogP contribution in [0.5, 0.6) is 0 Å². The molecular formula is C31H50BrN2+. The van der Waals surface area contributed by atoms with Gasteiger partial charge in [0.25, 0.3) is 0 Å². The summed E-state index contributed by atoms with van der Waals surface area (Å²) in [4.78, 5) is 4.20. The van der Waals surface area contributed by atoms with Gasteiger partial charge < -0.3 is 0 Å². The van der Waals surface area contributed by atoms with E-state index in [0.29, 0.717) is 0 Å². The normalized spacial score (nSPS) is 11.2. The molecule has 0 bridgehead atoms. The molecule has 0 aromatic carbocycles. The van der Waals surface area contributed by atoms with Gasteiger partial charge in [0, 0.05) is 35.8 Å². The van der Waals surface area contributed by atoms with Gasteiger partial charge in [-0.3, -0.25) is 4.98 Å². The van der Waals surface area contributed by atoms with Crippen LogP contribution < -0.4 is 4.57 Å². The van der Waals surface area contributed by atoms with Crippen LogP contribution in [-0.2, 0) is 19.4 Å². The fourth-order valence-corrected chi connectivity index (χ4v) is 5.15. The molecule has 0 spiro atoms. The van der Waals surface area contributed by atoms with Gasteiger partial charge in [0.15, 0.2) is 12.4 Å². The highest BCUT2D eigenvalue weighted by atomic mass is 79.9. The highest BCUT2D eigenvalue weighted by molar-refractivity contribution is 9.09. The second-order valence-electron chi connectivity index (χ2n) is 10.0. The Morgan fingerprint density at radius 2 is 1.12 bits per heavy atom. The van der Waals surface area contributed by atoms with E-state index in [4.69, 9.17) is 0 Å². The molecule has 0 radical (unpaired) electrons. The van der Waals surface area contributed by atoms with Gasteiger partial charge in [-0.25, -0.2) is 4.57 Å². The Bertz CT molecular complexity index is 704. The monoisotopic (exact) mass is 529 g/mol. The zero-order chi connectivity index (χ0) is 23.9. The van der Waals surface area contributed by atoms with Crippen molar-refractivity contribution in [1.82, 2.24) is 4.98 Å². The van der Waals surface area contributed by atoms with Gasteiger partial charge in [-0.05, 0) is 56.2 Å². The van der Waals surface area contributed by atoms with E-state index >= 15 is 0 Å². The van der Waals surface area contributed by atoms with Gasteiger partial charge in [-0.2, -0.15) is 0 Å². The number of aryl methyl sites for hydroxylation is 3. The summed E-state index contributed by atoms with van der Waals surface area (Å²) in [5, 5.41) is 1.17. The summed E-state index contributed by atoms with van der Waals surface area (Å²) in [6.45, 7) is 1.18. The number of pyridine rings is 2. The molecule has 0 fully saturated rings. The largest absolute Gasteiger partial charge is 0.264 e. The average molecular weight is 531 g/mol. The van der Waals surface area contributed by atoms with Gasteiger partial charge in [0.05, 0.1) is 0 Å². The van der Waals surface area contributed by atoms with Crippen molar-refractivity contribution in [1.29, 1.82) is 0 Å². The van der Waals surface area contributed by atoms with Crippen LogP contribution in [-0.4, -0.2) is 10.3 Å². The Morgan fingerprint density at radius 3 is 1.71 bits per heavy atom. The molecule has 0 amide bonds. The highest BCUT2D eigenvalue weighted by Gasteiger charge is 2.03. The molecule has 0 aliphatic carbocycles. The van der Waals surface area contributed by atoms with E-state index in [9.17, 15) is 0 Å². The van der Waals surface area contributed by atoms with Gasteiger partial charge in [0.1, 0.15) is 6.54 Å². The van der Waals surface area contributed by atoms with Crippen molar-refractivity contribution in [2.75, 3.05) is 5.33 Å². The molecule has 190 valence electrons. The molecule has 0 unspecified atom stereocenters. The smallest absolute Gasteiger partial charge is 0.171 e. The van der Waals surface area contributed by atoms with Crippen molar-refractivity contribution < 1.29 is 4.57 Å². The lowest BCUT2D eigenvalue weighted by atomic mass is 10.0. The number of rotatable bonds is 22. The van der Waals surface area contributed by atoms with E-state index in [0.717, 1.165) is 0 Å². The summed E-state index contributed by atoms with van der Waals surface area (Å²) in [6.07, 6.45) is 34.4. The molecule has 2 aromatic heterocycles. The van der Waals surface area contributed by atoms with Gasteiger partial charge in [0.2, 0.25) is 0 Å². The summed E-state index contributed by atoms with van der Waals surface area (Å²) in [6, 6.07) is 8.79. The SMILES string of the molecule is BrCCCCCCCCCCc1ccc[n+](CCCCCCCCCCCc2cccnc2)c1. The molecule has 2 rings (SSSR count). The minimum absolute atomic E-state index is 1.17. The summed E-state index contributed by atoms with van der Waals surface area (Å²) in [7, 11) is 0. The van der Waals surface area contributed by atoms with Crippen LogP contribution >= 0.6 is 15.9 Å². The Morgan fingerprint density at radius 1 is 0.588 bits per heavy atom. The Labute approximate surface area is 219 Å². The fourth-order valence-electron chi connectivity index (χ4n) is 4.75. The van der Waals surface area contributed by atoms with E-state index in [1.807, 2.05) is 18.5 Å². The average Bonchev–Trinajstić information content (AvgIpc) is 2.87. The van der Waals surface area contributed by atoms with E-state index in [-0.39, 0.29) is 0 Å². The first-order valence-corrected chi connectivity index (χ1v) is 15.4. The van der Waals surface area contributed by atoms with Crippen LogP contribution in [0, 0.1) is 0 Å². The Kier molecular flexibility index (Phi) is 18.0. The fraction of sp³-hybridized carbons (Fsp3) is 0.677. The van der Waals surface area contributed by atoms with Crippen molar-refractivity contribution in [2.45, 2.75) is 129 Å². The number of nitrogens with zero attached hydrogens (tertiary/aromatic N) is 2. The van der Waals surface area contributed by atoms with Crippen molar-refractivity contribution >= 4 is 15.9 Å². The third kappa shape index (κ3) is 15.6. The van der Waals surface area contributed by atoms with E-state index < -0.39 is 0 Å². The van der Waals surface area contributed by atoms with Gasteiger partial charge in [-0.15, -0.1) is 0 Å². The van der Waals surface area contributed by atoms with Crippen LogP contribution in [0.2, 0.25) is 0 Å². The molecule has 0 saturated heterocycles. The summed E-state index contributed by atoms with van der Waals surface area (Å²) in [5.41, 5.74) is 2.90. The third-order valence-electron chi connectivity index (χ3n) is 6.87. The minimum Gasteiger partial charge on any atom is -0.264 e. The van der Waals surface area contributed by atoms with Crippen LogP contribution in [0.15, 0.2) is 49.1 Å². The second-order valence-corrected chi connectivity index (χ2v) is 10.8. The highest BCUT2D eigenvalue weighted by Crippen LogP contribution is 2.13. The maximum absolute atomic E-state index is 4.20. The van der Waals surface area contributed by atoms with E-state index in [1.54, 1.807) is 0 Å². The van der Waals surface area contributed by atoms with Crippen LogP contribution in [0.25, 0.3) is 0 Å². The predicted octanol–water partition coefficient (Wildman–Crippen LogP) is 9.18. The maximum atomic E-state index is 4.20. The minimum atomic E-state index is 1.17. The number of hydrogen-bond donors (Lipinski definition) is 0. The van der Waals surface area contributed by atoms with E-state index in [1.165, 1.54) is 145 Å². The number of hydrogen-bond acceptors (Lipinski definition) is 1. The van der Waals surface area contributed by atoms with E-state index in [2.05, 4.69) is 56.1 Å². The molecule has 0 aliphatic rings. The van der Waals surface area contributed by atoms with Crippen molar-refractivity contribution in [2.24, 2.45) is 0 Å². The molecule has 0 N–H and O–H groups in total. The lowest BCUT2D eigenvalue weighted by Gasteiger charge is -2.04. The number of unbranched alkanes of at least 4 members (excludes halogenated alkanes) is 15. The first-order chi connectivity index (χ1) is 16.9. The lowest BCUT2D eigenvalue weighted by Crippen LogP contribution is -2.33. The summed E-state index contributed by atoms with van der Waals surface area (Å²) in [5.74, 6) is 0. The van der Waals surface area contributed by atoms with Crippen LogP contribution in [0.3, 0.4) is 0 Å². The van der Waals surface area contributed by atoms with Gasteiger partial charge >= 0.3 is 0 Å². The predicted molar refractivity (Wildman–Crippen MR) is 151 cm³/mol. The standard InChI is InChI=1S/C31H50BrN2/c32-24-16-12-8-4-3-7-11-15-21-31-23-19-27-34(29-31)26-17-13-9-5-1-2-6-10-14-20-30-22-18-25-33-28-30/h18-19,22-23,25,27-29H,1-17,20-21,24,26H2/q+1. The van der Waals surface area contributed by atoms with Crippen molar-refractivity contribution in [3.8, 4) is 0 Å². The molecule has 2 nitrogen and oxygen atoms in total. The number of alkyl halides is 1. The van der Waals surface area contributed by atoms with Crippen molar-refractivity contribution in [3.05, 3.63) is 60.2 Å². The summed E-state index contributed by atoms with van der Waals surface area (Å²) >= 11 is 3.52. The van der Waals surface area contributed by atoms with Crippen LogP contribution in [0.4, 0.5) is 0 Å². The molecule has 0 saturated carbocycles. The number of halogens is 1. The zero-order valence-electron chi connectivity index (χ0n) is 21.7. The molecule has 2 heterocycles.